The van der Waals surface area contributed by atoms with E-state index in [0.717, 1.165) is 17.8 Å². The molecular weight excluding hydrogens is 144 g/mol. The molecule has 0 spiro atoms. The number of unbranched alkanes of at least 4 members (excludes halogenated alkanes) is 1. The van der Waals surface area contributed by atoms with Crippen LogP contribution in [0.2, 0.25) is 0 Å². The van der Waals surface area contributed by atoms with Crippen LogP contribution in [0.15, 0.2) is 0 Å². The first-order valence-electron chi connectivity index (χ1n) is 5.79. The second kappa shape index (κ2) is 4.89. The molecule has 1 fully saturated rings. The zero-order valence-corrected chi connectivity index (χ0v) is 8.97. The zero-order valence-electron chi connectivity index (χ0n) is 8.97. The fourth-order valence-electron chi connectivity index (χ4n) is 2.25. The van der Waals surface area contributed by atoms with Crippen molar-refractivity contribution in [3.8, 4) is 0 Å². The van der Waals surface area contributed by atoms with E-state index in [1.807, 2.05) is 0 Å². The second-order valence-electron chi connectivity index (χ2n) is 4.53. The molecule has 0 heterocycles. The quantitative estimate of drug-likeness (QED) is 0.556. The average molecular weight is 168 g/mol. The van der Waals surface area contributed by atoms with Crippen molar-refractivity contribution >= 4 is 0 Å². The van der Waals surface area contributed by atoms with Crippen molar-refractivity contribution in [2.24, 2.45) is 17.8 Å². The topological polar surface area (TPSA) is 0 Å². The SMILES string of the molecule is CCCCC(C(C)CC)C1CC1. The molecule has 0 amide bonds. The van der Waals surface area contributed by atoms with E-state index in [1.54, 1.807) is 0 Å². The monoisotopic (exact) mass is 168 g/mol. The minimum atomic E-state index is 0.976. The fraction of sp³-hybridized carbons (Fsp3) is 1.00. The Bertz CT molecular complexity index is 113. The van der Waals surface area contributed by atoms with E-state index in [9.17, 15) is 0 Å². The van der Waals surface area contributed by atoms with Crippen molar-refractivity contribution in [1.82, 2.24) is 0 Å². The maximum Gasteiger partial charge on any atom is -0.0360 e. The smallest absolute Gasteiger partial charge is 0.0360 e. The molecule has 72 valence electrons. The first-order valence-corrected chi connectivity index (χ1v) is 5.79. The summed E-state index contributed by atoms with van der Waals surface area (Å²) < 4.78 is 0. The molecule has 1 saturated carbocycles. The van der Waals surface area contributed by atoms with Gasteiger partial charge in [-0.15, -0.1) is 0 Å². The third-order valence-electron chi connectivity index (χ3n) is 3.49. The second-order valence-corrected chi connectivity index (χ2v) is 4.53. The molecule has 12 heavy (non-hydrogen) atoms. The van der Waals surface area contributed by atoms with E-state index >= 15 is 0 Å². The van der Waals surface area contributed by atoms with Crippen LogP contribution in [0.4, 0.5) is 0 Å². The average Bonchev–Trinajstić information content (AvgIpc) is 2.88. The van der Waals surface area contributed by atoms with E-state index in [4.69, 9.17) is 0 Å². The number of hydrogen-bond acceptors (Lipinski definition) is 0. The molecule has 0 aliphatic heterocycles. The molecule has 1 aliphatic carbocycles. The Morgan fingerprint density at radius 1 is 1.25 bits per heavy atom. The van der Waals surface area contributed by atoms with Crippen LogP contribution >= 0.6 is 0 Å². The normalized spacial score (nSPS) is 22.2. The molecule has 1 aliphatic rings. The molecule has 0 aromatic heterocycles. The summed E-state index contributed by atoms with van der Waals surface area (Å²) >= 11 is 0. The predicted octanol–water partition coefficient (Wildman–Crippen LogP) is 4.25. The van der Waals surface area contributed by atoms with Gasteiger partial charge in [0.2, 0.25) is 0 Å². The summed E-state index contributed by atoms with van der Waals surface area (Å²) in [7, 11) is 0. The van der Waals surface area contributed by atoms with Crippen molar-refractivity contribution in [2.75, 3.05) is 0 Å². The van der Waals surface area contributed by atoms with Crippen LogP contribution in [-0.2, 0) is 0 Å². The molecule has 0 radical (unpaired) electrons. The van der Waals surface area contributed by atoms with Crippen LogP contribution in [0.1, 0.15) is 59.3 Å². The van der Waals surface area contributed by atoms with Crippen molar-refractivity contribution in [1.29, 1.82) is 0 Å². The first kappa shape index (κ1) is 10.1. The molecule has 0 saturated heterocycles. The summed E-state index contributed by atoms with van der Waals surface area (Å²) in [5, 5.41) is 0. The van der Waals surface area contributed by atoms with Gasteiger partial charge in [-0.3, -0.25) is 0 Å². The van der Waals surface area contributed by atoms with Crippen molar-refractivity contribution < 1.29 is 0 Å². The Morgan fingerprint density at radius 2 is 1.92 bits per heavy atom. The highest BCUT2D eigenvalue weighted by molar-refractivity contribution is 4.83. The summed E-state index contributed by atoms with van der Waals surface area (Å²) in [6.45, 7) is 7.09. The van der Waals surface area contributed by atoms with E-state index in [-0.39, 0.29) is 0 Å². The lowest BCUT2D eigenvalue weighted by Gasteiger charge is -2.22. The van der Waals surface area contributed by atoms with Crippen LogP contribution in [0.5, 0.6) is 0 Å². The predicted molar refractivity (Wildman–Crippen MR) is 55.2 cm³/mol. The number of hydrogen-bond donors (Lipinski definition) is 0. The minimum Gasteiger partial charge on any atom is -0.0654 e. The van der Waals surface area contributed by atoms with Crippen molar-refractivity contribution in [2.45, 2.75) is 59.3 Å². The summed E-state index contributed by atoms with van der Waals surface area (Å²) in [5.41, 5.74) is 0. The Hall–Kier alpha value is 0. The Labute approximate surface area is 77.7 Å². The third kappa shape index (κ3) is 2.80. The van der Waals surface area contributed by atoms with Crippen LogP contribution < -0.4 is 0 Å². The standard InChI is InChI=1S/C12H24/c1-4-6-7-12(10(3)5-2)11-8-9-11/h10-12H,4-9H2,1-3H3. The van der Waals surface area contributed by atoms with Gasteiger partial charge in [0.1, 0.15) is 0 Å². The van der Waals surface area contributed by atoms with Crippen LogP contribution in [-0.4, -0.2) is 0 Å². The molecule has 0 heteroatoms. The Morgan fingerprint density at radius 3 is 2.33 bits per heavy atom. The van der Waals surface area contributed by atoms with E-state index in [0.29, 0.717) is 0 Å². The van der Waals surface area contributed by atoms with E-state index in [1.165, 1.54) is 38.5 Å². The van der Waals surface area contributed by atoms with Crippen molar-refractivity contribution in [3.05, 3.63) is 0 Å². The van der Waals surface area contributed by atoms with Crippen LogP contribution in [0.25, 0.3) is 0 Å². The first-order chi connectivity index (χ1) is 5.79. The summed E-state index contributed by atoms with van der Waals surface area (Å²) in [5.74, 6) is 3.16. The molecule has 2 atom stereocenters. The van der Waals surface area contributed by atoms with E-state index in [2.05, 4.69) is 20.8 Å². The lowest BCUT2D eigenvalue weighted by Crippen LogP contribution is -2.13. The van der Waals surface area contributed by atoms with Gasteiger partial charge in [0, 0.05) is 0 Å². The van der Waals surface area contributed by atoms with Crippen molar-refractivity contribution in [3.63, 3.8) is 0 Å². The molecular formula is C12H24. The maximum atomic E-state index is 2.44. The zero-order chi connectivity index (χ0) is 8.97. The Balaban J connectivity index is 2.26. The largest absolute Gasteiger partial charge is 0.0654 e. The summed E-state index contributed by atoms with van der Waals surface area (Å²) in [6.07, 6.45) is 8.75. The van der Waals surface area contributed by atoms with Gasteiger partial charge < -0.3 is 0 Å². The Kier molecular flexibility index (Phi) is 4.11. The molecule has 1 rings (SSSR count). The van der Waals surface area contributed by atoms with Gasteiger partial charge in [0.15, 0.2) is 0 Å². The summed E-state index contributed by atoms with van der Waals surface area (Å²) in [4.78, 5) is 0. The van der Waals surface area contributed by atoms with Gasteiger partial charge >= 0.3 is 0 Å². The highest BCUT2D eigenvalue weighted by atomic mass is 14.4. The van der Waals surface area contributed by atoms with Crippen LogP contribution in [0.3, 0.4) is 0 Å². The maximum absolute atomic E-state index is 2.44. The minimum absolute atomic E-state index is 0.976. The van der Waals surface area contributed by atoms with Gasteiger partial charge in [0.25, 0.3) is 0 Å². The van der Waals surface area contributed by atoms with Gasteiger partial charge in [0.05, 0.1) is 0 Å². The third-order valence-corrected chi connectivity index (χ3v) is 3.49. The van der Waals surface area contributed by atoms with Gasteiger partial charge in [-0.1, -0.05) is 40.0 Å². The molecule has 0 aromatic carbocycles. The lowest BCUT2D eigenvalue weighted by molar-refractivity contribution is 0.283. The number of rotatable bonds is 6. The molecule has 0 nitrogen and oxygen atoms in total. The van der Waals surface area contributed by atoms with Crippen LogP contribution in [0, 0.1) is 17.8 Å². The van der Waals surface area contributed by atoms with Gasteiger partial charge in [-0.25, -0.2) is 0 Å². The molecule has 0 bridgehead atoms. The summed E-state index contributed by atoms with van der Waals surface area (Å²) in [6, 6.07) is 0. The molecule has 2 unspecified atom stereocenters. The fourth-order valence-corrected chi connectivity index (χ4v) is 2.25. The van der Waals surface area contributed by atoms with Gasteiger partial charge in [-0.05, 0) is 37.0 Å². The highest BCUT2D eigenvalue weighted by Crippen LogP contribution is 2.43. The molecule has 0 N–H and O–H groups in total. The van der Waals surface area contributed by atoms with Gasteiger partial charge in [-0.2, -0.15) is 0 Å². The molecule has 0 aromatic rings. The van der Waals surface area contributed by atoms with E-state index < -0.39 is 0 Å². The highest BCUT2D eigenvalue weighted by Gasteiger charge is 2.33. The lowest BCUT2D eigenvalue weighted by atomic mass is 9.84.